The molecule has 0 amide bonds. The molecule has 1 aromatic carbocycles. The van der Waals surface area contributed by atoms with Gasteiger partial charge in [-0.15, -0.1) is 0 Å². The van der Waals surface area contributed by atoms with E-state index in [0.717, 1.165) is 0 Å². The number of aryl methyl sites for hydroxylation is 3. The SMILES string of the molecule is CCCCc1ccc(C)c(CCC)c1. The third-order valence-corrected chi connectivity index (χ3v) is 2.75. The van der Waals surface area contributed by atoms with Gasteiger partial charge in [-0.05, 0) is 42.9 Å². The Kier molecular flexibility index (Phi) is 4.72. The van der Waals surface area contributed by atoms with E-state index in [1.165, 1.54) is 43.2 Å². The van der Waals surface area contributed by atoms with Gasteiger partial charge in [-0.3, -0.25) is 0 Å². The first kappa shape index (κ1) is 11.3. The minimum absolute atomic E-state index is 1.23. The summed E-state index contributed by atoms with van der Waals surface area (Å²) >= 11 is 0. The van der Waals surface area contributed by atoms with Crippen LogP contribution < -0.4 is 0 Å². The molecule has 0 saturated carbocycles. The van der Waals surface area contributed by atoms with Crippen molar-refractivity contribution in [2.24, 2.45) is 0 Å². The van der Waals surface area contributed by atoms with Crippen LogP contribution in [0, 0.1) is 6.92 Å². The monoisotopic (exact) mass is 190 g/mol. The molecule has 0 saturated heterocycles. The van der Waals surface area contributed by atoms with Crippen LogP contribution in [0.2, 0.25) is 0 Å². The van der Waals surface area contributed by atoms with Crippen molar-refractivity contribution in [2.45, 2.75) is 52.9 Å². The van der Waals surface area contributed by atoms with Crippen molar-refractivity contribution >= 4 is 0 Å². The Bertz CT molecular complexity index is 273. The fourth-order valence-corrected chi connectivity index (χ4v) is 1.80. The fraction of sp³-hybridized carbons (Fsp3) is 0.571. The van der Waals surface area contributed by atoms with Crippen molar-refractivity contribution in [1.82, 2.24) is 0 Å². The number of unbranched alkanes of at least 4 members (excludes halogenated alkanes) is 1. The topological polar surface area (TPSA) is 0 Å². The van der Waals surface area contributed by atoms with Gasteiger partial charge in [-0.25, -0.2) is 0 Å². The molecule has 0 aliphatic carbocycles. The highest BCUT2D eigenvalue weighted by molar-refractivity contribution is 5.31. The molecule has 0 bridgehead atoms. The van der Waals surface area contributed by atoms with Crippen LogP contribution in [-0.2, 0) is 12.8 Å². The molecule has 1 rings (SSSR count). The zero-order chi connectivity index (χ0) is 10.4. The molecule has 0 aromatic heterocycles. The maximum Gasteiger partial charge on any atom is -0.0279 e. The molecule has 78 valence electrons. The molecule has 0 atom stereocenters. The van der Waals surface area contributed by atoms with Gasteiger partial charge in [0.05, 0.1) is 0 Å². The summed E-state index contributed by atoms with van der Waals surface area (Å²) in [7, 11) is 0. The van der Waals surface area contributed by atoms with Crippen molar-refractivity contribution in [3.63, 3.8) is 0 Å². The van der Waals surface area contributed by atoms with Crippen molar-refractivity contribution in [3.8, 4) is 0 Å². The Morgan fingerprint density at radius 3 is 2.43 bits per heavy atom. The van der Waals surface area contributed by atoms with E-state index in [-0.39, 0.29) is 0 Å². The van der Waals surface area contributed by atoms with Gasteiger partial charge in [0.1, 0.15) is 0 Å². The van der Waals surface area contributed by atoms with Gasteiger partial charge in [-0.1, -0.05) is 44.9 Å². The standard InChI is InChI=1S/C14H22/c1-4-6-8-13-10-9-12(3)14(11-13)7-5-2/h9-11H,4-8H2,1-3H3. The normalized spacial score (nSPS) is 10.5. The van der Waals surface area contributed by atoms with E-state index in [1.54, 1.807) is 5.56 Å². The molecule has 0 fully saturated rings. The van der Waals surface area contributed by atoms with E-state index in [2.05, 4.69) is 39.0 Å². The van der Waals surface area contributed by atoms with Gasteiger partial charge < -0.3 is 0 Å². The highest BCUT2D eigenvalue weighted by atomic mass is 14.0. The van der Waals surface area contributed by atoms with Crippen LogP contribution in [0.15, 0.2) is 18.2 Å². The molecule has 0 N–H and O–H groups in total. The van der Waals surface area contributed by atoms with Crippen LogP contribution in [0.25, 0.3) is 0 Å². The molecule has 0 spiro atoms. The summed E-state index contributed by atoms with van der Waals surface area (Å²) in [6, 6.07) is 6.95. The number of benzene rings is 1. The van der Waals surface area contributed by atoms with Crippen LogP contribution in [0.3, 0.4) is 0 Å². The molecule has 0 aliphatic rings. The highest BCUT2D eigenvalue weighted by Crippen LogP contribution is 2.14. The van der Waals surface area contributed by atoms with Gasteiger partial charge in [0.2, 0.25) is 0 Å². The van der Waals surface area contributed by atoms with E-state index >= 15 is 0 Å². The van der Waals surface area contributed by atoms with Crippen molar-refractivity contribution in [2.75, 3.05) is 0 Å². The Hall–Kier alpha value is -0.780. The summed E-state index contributed by atoms with van der Waals surface area (Å²) < 4.78 is 0. The molecule has 0 aliphatic heterocycles. The second-order valence-corrected chi connectivity index (χ2v) is 4.11. The molecule has 14 heavy (non-hydrogen) atoms. The Morgan fingerprint density at radius 2 is 1.79 bits per heavy atom. The summed E-state index contributed by atoms with van der Waals surface area (Å²) in [6.45, 7) is 6.72. The molecule has 0 radical (unpaired) electrons. The molecule has 0 heteroatoms. The van der Waals surface area contributed by atoms with Crippen molar-refractivity contribution in [3.05, 3.63) is 34.9 Å². The maximum absolute atomic E-state index is 2.40. The predicted molar refractivity (Wildman–Crippen MR) is 63.8 cm³/mol. The second-order valence-electron chi connectivity index (χ2n) is 4.11. The molecule has 0 heterocycles. The lowest BCUT2D eigenvalue weighted by atomic mass is 9.99. The number of rotatable bonds is 5. The lowest BCUT2D eigenvalue weighted by Crippen LogP contribution is -1.92. The Morgan fingerprint density at radius 1 is 1.00 bits per heavy atom. The Balaban J connectivity index is 2.72. The van der Waals surface area contributed by atoms with E-state index in [9.17, 15) is 0 Å². The zero-order valence-corrected chi connectivity index (χ0v) is 9.77. The second kappa shape index (κ2) is 5.85. The van der Waals surface area contributed by atoms with Gasteiger partial charge in [0.15, 0.2) is 0 Å². The lowest BCUT2D eigenvalue weighted by Gasteiger charge is -2.07. The quantitative estimate of drug-likeness (QED) is 0.649. The number of hydrogen-bond donors (Lipinski definition) is 0. The molecular formula is C14H22. The van der Waals surface area contributed by atoms with E-state index < -0.39 is 0 Å². The predicted octanol–water partition coefficient (Wildman–Crippen LogP) is 4.29. The van der Waals surface area contributed by atoms with Crippen LogP contribution in [0.1, 0.15) is 49.8 Å². The minimum Gasteiger partial charge on any atom is -0.0654 e. The van der Waals surface area contributed by atoms with Crippen LogP contribution >= 0.6 is 0 Å². The third kappa shape index (κ3) is 3.17. The zero-order valence-electron chi connectivity index (χ0n) is 9.77. The lowest BCUT2D eigenvalue weighted by molar-refractivity contribution is 0.792. The summed E-state index contributed by atoms with van der Waals surface area (Å²) in [5, 5.41) is 0. The van der Waals surface area contributed by atoms with Crippen LogP contribution in [0.5, 0.6) is 0 Å². The maximum atomic E-state index is 2.40. The van der Waals surface area contributed by atoms with Gasteiger partial charge in [-0.2, -0.15) is 0 Å². The first-order valence-electron chi connectivity index (χ1n) is 5.86. The van der Waals surface area contributed by atoms with E-state index in [4.69, 9.17) is 0 Å². The fourth-order valence-electron chi connectivity index (χ4n) is 1.80. The largest absolute Gasteiger partial charge is 0.0654 e. The molecule has 0 unspecified atom stereocenters. The minimum atomic E-state index is 1.23. The highest BCUT2D eigenvalue weighted by Gasteiger charge is 1.99. The average molecular weight is 190 g/mol. The van der Waals surface area contributed by atoms with Crippen molar-refractivity contribution < 1.29 is 0 Å². The van der Waals surface area contributed by atoms with E-state index in [1.807, 2.05) is 0 Å². The van der Waals surface area contributed by atoms with Gasteiger partial charge >= 0.3 is 0 Å². The summed E-state index contributed by atoms with van der Waals surface area (Å²) in [4.78, 5) is 0. The summed E-state index contributed by atoms with van der Waals surface area (Å²) in [5.74, 6) is 0. The Labute approximate surface area is 88.4 Å². The third-order valence-electron chi connectivity index (χ3n) is 2.75. The van der Waals surface area contributed by atoms with Crippen LogP contribution in [0.4, 0.5) is 0 Å². The van der Waals surface area contributed by atoms with Crippen LogP contribution in [-0.4, -0.2) is 0 Å². The molecule has 1 aromatic rings. The smallest absolute Gasteiger partial charge is 0.0279 e. The van der Waals surface area contributed by atoms with Gasteiger partial charge in [0.25, 0.3) is 0 Å². The first-order chi connectivity index (χ1) is 6.77. The van der Waals surface area contributed by atoms with Crippen molar-refractivity contribution in [1.29, 1.82) is 0 Å². The first-order valence-corrected chi connectivity index (χ1v) is 5.86. The van der Waals surface area contributed by atoms with E-state index in [0.29, 0.717) is 0 Å². The average Bonchev–Trinajstić information content (AvgIpc) is 2.19. The molecular weight excluding hydrogens is 168 g/mol. The molecule has 0 nitrogen and oxygen atoms in total. The summed E-state index contributed by atoms with van der Waals surface area (Å²) in [6.07, 6.45) is 6.32. The number of hydrogen-bond acceptors (Lipinski definition) is 0. The van der Waals surface area contributed by atoms with Gasteiger partial charge in [0, 0.05) is 0 Å². The summed E-state index contributed by atoms with van der Waals surface area (Å²) in [5.41, 5.74) is 4.51.